The summed E-state index contributed by atoms with van der Waals surface area (Å²) >= 11 is 7.82. The van der Waals surface area contributed by atoms with Gasteiger partial charge in [0.15, 0.2) is 0 Å². The van der Waals surface area contributed by atoms with Crippen molar-refractivity contribution in [1.82, 2.24) is 9.88 Å². The quantitative estimate of drug-likeness (QED) is 0.719. The van der Waals surface area contributed by atoms with E-state index in [-0.39, 0.29) is 11.5 Å². The van der Waals surface area contributed by atoms with Crippen molar-refractivity contribution >= 4 is 28.8 Å². The maximum Gasteiger partial charge on any atom is 0.252 e. The molecule has 4 nitrogen and oxygen atoms in total. The van der Waals surface area contributed by atoms with E-state index < -0.39 is 0 Å². The molecule has 0 aliphatic carbocycles. The number of hydrogen-bond acceptors (Lipinski definition) is 3. The Morgan fingerprint density at radius 3 is 2.72 bits per heavy atom. The van der Waals surface area contributed by atoms with E-state index in [9.17, 15) is 9.59 Å². The van der Waals surface area contributed by atoms with Crippen LogP contribution in [0.15, 0.2) is 64.9 Å². The molecule has 3 aromatic rings. The van der Waals surface area contributed by atoms with Crippen LogP contribution in [0.4, 0.5) is 0 Å². The van der Waals surface area contributed by atoms with Gasteiger partial charge in [-0.2, -0.15) is 0 Å². The Balaban J connectivity index is 1.69. The molecule has 0 spiro atoms. The highest BCUT2D eigenvalue weighted by atomic mass is 35.5. The van der Waals surface area contributed by atoms with Crippen molar-refractivity contribution < 1.29 is 4.79 Å². The Labute approximate surface area is 154 Å². The van der Waals surface area contributed by atoms with Crippen molar-refractivity contribution in [3.63, 3.8) is 0 Å². The lowest BCUT2D eigenvalue weighted by Gasteiger charge is -2.10. The fourth-order valence-corrected chi connectivity index (χ4v) is 3.36. The van der Waals surface area contributed by atoms with Crippen molar-refractivity contribution in [2.75, 3.05) is 6.54 Å². The van der Waals surface area contributed by atoms with E-state index in [1.807, 2.05) is 35.7 Å². The Morgan fingerprint density at radius 2 is 1.96 bits per heavy atom. The molecule has 2 heterocycles. The van der Waals surface area contributed by atoms with Gasteiger partial charge in [0.05, 0.1) is 12.1 Å². The van der Waals surface area contributed by atoms with E-state index >= 15 is 0 Å². The highest BCUT2D eigenvalue weighted by Crippen LogP contribution is 2.15. The third-order valence-electron chi connectivity index (χ3n) is 3.78. The summed E-state index contributed by atoms with van der Waals surface area (Å²) in [7, 11) is 0. The van der Waals surface area contributed by atoms with Crippen molar-refractivity contribution in [1.29, 1.82) is 0 Å². The van der Waals surface area contributed by atoms with Gasteiger partial charge in [-0.05, 0) is 35.6 Å². The molecular formula is C19H17ClN2O2S. The summed E-state index contributed by atoms with van der Waals surface area (Å²) < 4.78 is 1.50. The first-order valence-corrected chi connectivity index (χ1v) is 9.14. The largest absolute Gasteiger partial charge is 0.352 e. The SMILES string of the molecule is O=C(NCCc1cccs1)c1ccc(=O)n(Cc2ccccc2Cl)c1. The fourth-order valence-electron chi connectivity index (χ4n) is 2.46. The molecule has 2 aromatic heterocycles. The fraction of sp³-hybridized carbons (Fsp3) is 0.158. The molecule has 128 valence electrons. The van der Waals surface area contributed by atoms with Crippen LogP contribution in [0.3, 0.4) is 0 Å². The van der Waals surface area contributed by atoms with Crippen LogP contribution in [-0.4, -0.2) is 17.0 Å². The topological polar surface area (TPSA) is 51.1 Å². The number of rotatable bonds is 6. The summed E-state index contributed by atoms with van der Waals surface area (Å²) in [5.74, 6) is -0.190. The minimum absolute atomic E-state index is 0.171. The second kappa shape index (κ2) is 8.14. The minimum Gasteiger partial charge on any atom is -0.352 e. The molecule has 3 rings (SSSR count). The van der Waals surface area contributed by atoms with Gasteiger partial charge in [0.1, 0.15) is 0 Å². The van der Waals surface area contributed by atoms with Crippen molar-refractivity contribution in [3.8, 4) is 0 Å². The molecule has 0 unspecified atom stereocenters. The first-order valence-electron chi connectivity index (χ1n) is 7.88. The molecule has 0 fully saturated rings. The van der Waals surface area contributed by atoms with Crippen LogP contribution in [0, 0.1) is 0 Å². The zero-order valence-corrected chi connectivity index (χ0v) is 15.0. The van der Waals surface area contributed by atoms with Crippen LogP contribution in [-0.2, 0) is 13.0 Å². The summed E-state index contributed by atoms with van der Waals surface area (Å²) in [6, 6.07) is 14.3. The number of pyridine rings is 1. The highest BCUT2D eigenvalue weighted by molar-refractivity contribution is 7.09. The first kappa shape index (κ1) is 17.5. The molecule has 0 saturated heterocycles. The maximum atomic E-state index is 12.3. The zero-order valence-electron chi connectivity index (χ0n) is 13.4. The number of carbonyl (C=O) groups excluding carboxylic acids is 1. The lowest BCUT2D eigenvalue weighted by atomic mass is 10.2. The average Bonchev–Trinajstić information content (AvgIpc) is 3.12. The van der Waals surface area contributed by atoms with Crippen molar-refractivity contribution in [2.24, 2.45) is 0 Å². The predicted molar refractivity (Wildman–Crippen MR) is 102 cm³/mol. The third-order valence-corrected chi connectivity index (χ3v) is 5.09. The normalized spacial score (nSPS) is 10.6. The van der Waals surface area contributed by atoms with Gasteiger partial charge in [0.25, 0.3) is 11.5 Å². The molecule has 0 atom stereocenters. The molecule has 1 N–H and O–H groups in total. The van der Waals surface area contributed by atoms with Crippen LogP contribution in [0.1, 0.15) is 20.8 Å². The van der Waals surface area contributed by atoms with Crippen LogP contribution in [0.25, 0.3) is 0 Å². The third kappa shape index (κ3) is 4.59. The minimum atomic E-state index is -0.190. The molecule has 0 aliphatic heterocycles. The second-order valence-electron chi connectivity index (χ2n) is 5.56. The average molecular weight is 373 g/mol. The Morgan fingerprint density at radius 1 is 1.12 bits per heavy atom. The molecular weight excluding hydrogens is 356 g/mol. The van der Waals surface area contributed by atoms with E-state index in [1.165, 1.54) is 15.5 Å². The summed E-state index contributed by atoms with van der Waals surface area (Å²) in [4.78, 5) is 25.6. The second-order valence-corrected chi connectivity index (χ2v) is 7.00. The number of thiophene rings is 1. The number of nitrogens with zero attached hydrogens (tertiary/aromatic N) is 1. The molecule has 1 amide bonds. The summed E-state index contributed by atoms with van der Waals surface area (Å²) in [6.07, 6.45) is 2.37. The van der Waals surface area contributed by atoms with Crippen LogP contribution in [0.5, 0.6) is 0 Å². The number of amides is 1. The van der Waals surface area contributed by atoms with E-state index in [4.69, 9.17) is 11.6 Å². The van der Waals surface area contributed by atoms with Crippen molar-refractivity contribution in [3.05, 3.63) is 91.5 Å². The number of halogens is 1. The maximum absolute atomic E-state index is 12.3. The van der Waals surface area contributed by atoms with E-state index in [1.54, 1.807) is 29.7 Å². The lowest BCUT2D eigenvalue weighted by molar-refractivity contribution is 0.0953. The molecule has 6 heteroatoms. The van der Waals surface area contributed by atoms with Crippen LogP contribution >= 0.6 is 22.9 Å². The number of aromatic nitrogens is 1. The van der Waals surface area contributed by atoms with Gasteiger partial charge in [0, 0.05) is 28.7 Å². The highest BCUT2D eigenvalue weighted by Gasteiger charge is 2.09. The van der Waals surface area contributed by atoms with E-state index in [0.717, 1.165) is 12.0 Å². The summed E-state index contributed by atoms with van der Waals surface area (Å²) in [5, 5.41) is 5.50. The molecule has 1 aromatic carbocycles. The van der Waals surface area contributed by atoms with E-state index in [2.05, 4.69) is 5.32 Å². The van der Waals surface area contributed by atoms with Gasteiger partial charge in [-0.1, -0.05) is 35.9 Å². The lowest BCUT2D eigenvalue weighted by Crippen LogP contribution is -2.28. The van der Waals surface area contributed by atoms with E-state index in [0.29, 0.717) is 23.7 Å². The molecule has 25 heavy (non-hydrogen) atoms. The predicted octanol–water partition coefficient (Wildman–Crippen LogP) is 3.58. The molecule has 0 radical (unpaired) electrons. The number of hydrogen-bond donors (Lipinski definition) is 1. The Bertz CT molecular complexity index is 919. The number of nitrogens with one attached hydrogen (secondary N) is 1. The summed E-state index contributed by atoms with van der Waals surface area (Å²) in [6.45, 7) is 0.887. The number of benzene rings is 1. The van der Waals surface area contributed by atoms with Crippen molar-refractivity contribution in [2.45, 2.75) is 13.0 Å². The molecule has 0 bridgehead atoms. The Kier molecular flexibility index (Phi) is 5.68. The smallest absolute Gasteiger partial charge is 0.252 e. The van der Waals surface area contributed by atoms with Gasteiger partial charge < -0.3 is 9.88 Å². The van der Waals surface area contributed by atoms with Gasteiger partial charge in [-0.3, -0.25) is 9.59 Å². The van der Waals surface area contributed by atoms with Gasteiger partial charge >= 0.3 is 0 Å². The standard InChI is InChI=1S/C19H17ClN2O2S/c20-17-6-2-1-4-14(17)12-22-13-15(7-8-18(22)23)19(24)21-10-9-16-5-3-11-25-16/h1-8,11,13H,9-10,12H2,(H,21,24). The Hall–Kier alpha value is -2.37. The monoisotopic (exact) mass is 372 g/mol. The summed E-state index contributed by atoms with van der Waals surface area (Å²) in [5.41, 5.74) is 1.12. The van der Waals surface area contributed by atoms with Gasteiger partial charge in [-0.15, -0.1) is 11.3 Å². The van der Waals surface area contributed by atoms with Crippen LogP contribution in [0.2, 0.25) is 5.02 Å². The molecule has 0 saturated carbocycles. The first-order chi connectivity index (χ1) is 12.1. The molecule has 0 aliphatic rings. The zero-order chi connectivity index (χ0) is 17.6. The van der Waals surface area contributed by atoms with Gasteiger partial charge in [-0.25, -0.2) is 0 Å². The van der Waals surface area contributed by atoms with Crippen LogP contribution < -0.4 is 10.9 Å². The van der Waals surface area contributed by atoms with Gasteiger partial charge in [0.2, 0.25) is 0 Å². The number of carbonyl (C=O) groups is 1.